The molecule has 1 aliphatic rings. The van der Waals surface area contributed by atoms with E-state index in [1.54, 1.807) is 0 Å². The third-order valence-corrected chi connectivity index (χ3v) is 4.20. The molecular formula is C22H22N2. The van der Waals surface area contributed by atoms with E-state index in [4.69, 9.17) is 5.84 Å². The van der Waals surface area contributed by atoms with Gasteiger partial charge in [-0.25, -0.2) is 0 Å². The summed E-state index contributed by atoms with van der Waals surface area (Å²) in [5.41, 5.74) is 5.31. The summed E-state index contributed by atoms with van der Waals surface area (Å²) in [6.07, 6.45) is 9.63. The van der Waals surface area contributed by atoms with Gasteiger partial charge in [-0.2, -0.15) is 5.10 Å². The van der Waals surface area contributed by atoms with E-state index in [1.807, 2.05) is 36.4 Å². The zero-order valence-corrected chi connectivity index (χ0v) is 13.9. The Bertz CT molecular complexity index is 755. The van der Waals surface area contributed by atoms with Crippen molar-refractivity contribution in [3.8, 4) is 0 Å². The molecule has 1 aliphatic carbocycles. The lowest BCUT2D eigenvalue weighted by molar-refractivity contribution is 0.734. The molecule has 2 N–H and O–H groups in total. The maximum atomic E-state index is 5.71. The van der Waals surface area contributed by atoms with Crippen LogP contribution in [0.2, 0.25) is 0 Å². The van der Waals surface area contributed by atoms with Crippen molar-refractivity contribution in [3.63, 3.8) is 0 Å². The first-order valence-electron chi connectivity index (χ1n) is 8.27. The molecule has 1 unspecified atom stereocenters. The number of hydrogen-bond donors (Lipinski definition) is 1. The number of rotatable bonds is 4. The molecule has 0 spiro atoms. The highest BCUT2D eigenvalue weighted by Crippen LogP contribution is 2.25. The second-order valence-corrected chi connectivity index (χ2v) is 6.04. The molecule has 0 saturated carbocycles. The van der Waals surface area contributed by atoms with Crippen molar-refractivity contribution < 1.29 is 0 Å². The first kappa shape index (κ1) is 16.0. The molecule has 0 radical (unpaired) electrons. The van der Waals surface area contributed by atoms with Crippen LogP contribution < -0.4 is 5.84 Å². The summed E-state index contributed by atoms with van der Waals surface area (Å²) >= 11 is 0. The summed E-state index contributed by atoms with van der Waals surface area (Å²) in [5, 5.41) is 4.05. The maximum Gasteiger partial charge on any atom is 0.0902 e. The van der Waals surface area contributed by atoms with E-state index >= 15 is 0 Å². The number of hydrazone groups is 1. The van der Waals surface area contributed by atoms with Gasteiger partial charge in [-0.05, 0) is 40.7 Å². The zero-order valence-electron chi connectivity index (χ0n) is 13.9. The lowest BCUT2D eigenvalue weighted by atomic mass is 9.92. The first-order valence-corrected chi connectivity index (χ1v) is 8.27. The predicted molar refractivity (Wildman–Crippen MR) is 103 cm³/mol. The van der Waals surface area contributed by atoms with Gasteiger partial charge < -0.3 is 5.84 Å². The largest absolute Gasteiger partial charge is 0.323 e. The zero-order chi connectivity index (χ0) is 16.8. The lowest BCUT2D eigenvalue weighted by Gasteiger charge is -2.14. The molecule has 120 valence electrons. The molecule has 0 bridgehead atoms. The van der Waals surface area contributed by atoms with Gasteiger partial charge in [-0.3, -0.25) is 0 Å². The summed E-state index contributed by atoms with van der Waals surface area (Å²) in [6.45, 7) is 2.21. The fourth-order valence-corrected chi connectivity index (χ4v) is 2.82. The van der Waals surface area contributed by atoms with E-state index < -0.39 is 0 Å². The van der Waals surface area contributed by atoms with E-state index in [-0.39, 0.29) is 0 Å². The molecule has 0 saturated heterocycles. The Morgan fingerprint density at radius 1 is 1.00 bits per heavy atom. The molecule has 2 aromatic carbocycles. The Labute approximate surface area is 143 Å². The molecule has 3 rings (SSSR count). The molecular weight excluding hydrogens is 292 g/mol. The van der Waals surface area contributed by atoms with Gasteiger partial charge in [-0.15, -0.1) is 0 Å². The minimum atomic E-state index is 0.569. The number of nitrogens with zero attached hydrogens (tertiary/aromatic N) is 1. The first-order chi connectivity index (χ1) is 11.8. The maximum absolute atomic E-state index is 5.71. The molecule has 2 aromatic rings. The summed E-state index contributed by atoms with van der Waals surface area (Å²) < 4.78 is 0. The van der Waals surface area contributed by atoms with Crippen LogP contribution in [0.15, 0.2) is 95.6 Å². The molecule has 1 atom stereocenters. The minimum Gasteiger partial charge on any atom is -0.323 e. The summed E-state index contributed by atoms with van der Waals surface area (Å²) in [6, 6.07) is 20.7. The Morgan fingerprint density at radius 2 is 1.58 bits per heavy atom. The van der Waals surface area contributed by atoms with Crippen molar-refractivity contribution in [2.24, 2.45) is 16.9 Å². The van der Waals surface area contributed by atoms with Gasteiger partial charge in [0.2, 0.25) is 0 Å². The molecule has 0 heterocycles. The predicted octanol–water partition coefficient (Wildman–Crippen LogP) is 4.96. The third-order valence-electron chi connectivity index (χ3n) is 4.20. The SMILES string of the molecule is CC1C=CC(/C(C=C(c2ccccc2)c2ccccc2)=N/N)=CC1. The summed E-state index contributed by atoms with van der Waals surface area (Å²) in [7, 11) is 0. The highest BCUT2D eigenvalue weighted by molar-refractivity contribution is 6.15. The fourth-order valence-electron chi connectivity index (χ4n) is 2.82. The van der Waals surface area contributed by atoms with Gasteiger partial charge in [-0.1, -0.05) is 85.8 Å². The molecule has 0 fully saturated rings. The van der Waals surface area contributed by atoms with Crippen LogP contribution in [0.1, 0.15) is 24.5 Å². The van der Waals surface area contributed by atoms with Gasteiger partial charge in [0.25, 0.3) is 0 Å². The van der Waals surface area contributed by atoms with Crippen molar-refractivity contribution in [1.82, 2.24) is 0 Å². The quantitative estimate of drug-likeness (QED) is 0.484. The van der Waals surface area contributed by atoms with Gasteiger partial charge >= 0.3 is 0 Å². The van der Waals surface area contributed by atoms with Crippen LogP contribution in [-0.2, 0) is 0 Å². The Hall–Kier alpha value is -2.87. The fraction of sp³-hybridized carbons (Fsp3) is 0.136. The van der Waals surface area contributed by atoms with E-state index in [1.165, 1.54) is 0 Å². The van der Waals surface area contributed by atoms with E-state index in [0.29, 0.717) is 5.92 Å². The van der Waals surface area contributed by atoms with Crippen LogP contribution >= 0.6 is 0 Å². The highest BCUT2D eigenvalue weighted by Gasteiger charge is 2.11. The molecule has 0 aromatic heterocycles. The molecule has 24 heavy (non-hydrogen) atoms. The lowest BCUT2D eigenvalue weighted by Crippen LogP contribution is -2.07. The van der Waals surface area contributed by atoms with E-state index in [0.717, 1.165) is 34.4 Å². The average molecular weight is 314 g/mol. The van der Waals surface area contributed by atoms with Gasteiger partial charge in [0, 0.05) is 0 Å². The monoisotopic (exact) mass is 314 g/mol. The van der Waals surface area contributed by atoms with Crippen LogP contribution in [-0.4, -0.2) is 5.71 Å². The number of allylic oxidation sites excluding steroid dienone is 5. The van der Waals surface area contributed by atoms with Gasteiger partial charge in [0.15, 0.2) is 0 Å². The van der Waals surface area contributed by atoms with Crippen LogP contribution in [0.3, 0.4) is 0 Å². The molecule has 0 amide bonds. The van der Waals surface area contributed by atoms with Crippen molar-refractivity contribution in [2.45, 2.75) is 13.3 Å². The second kappa shape index (κ2) is 7.60. The smallest absolute Gasteiger partial charge is 0.0902 e. The van der Waals surface area contributed by atoms with Crippen LogP contribution in [0.25, 0.3) is 5.57 Å². The van der Waals surface area contributed by atoms with E-state index in [9.17, 15) is 0 Å². The highest BCUT2D eigenvalue weighted by atomic mass is 15.1. The van der Waals surface area contributed by atoms with Crippen molar-refractivity contribution in [3.05, 3.63) is 102 Å². The van der Waals surface area contributed by atoms with E-state index in [2.05, 4.69) is 60.6 Å². The number of nitrogens with two attached hydrogens (primary N) is 1. The number of benzene rings is 2. The average Bonchev–Trinajstić information content (AvgIpc) is 2.65. The van der Waals surface area contributed by atoms with Gasteiger partial charge in [0.05, 0.1) is 5.71 Å². The summed E-state index contributed by atoms with van der Waals surface area (Å²) in [5.74, 6) is 6.28. The number of hydrogen-bond acceptors (Lipinski definition) is 2. The summed E-state index contributed by atoms with van der Waals surface area (Å²) in [4.78, 5) is 0. The molecule has 2 heteroatoms. The van der Waals surface area contributed by atoms with Crippen molar-refractivity contribution in [2.75, 3.05) is 0 Å². The van der Waals surface area contributed by atoms with Gasteiger partial charge in [0.1, 0.15) is 0 Å². The van der Waals surface area contributed by atoms with Crippen LogP contribution in [0.5, 0.6) is 0 Å². The van der Waals surface area contributed by atoms with Crippen LogP contribution in [0.4, 0.5) is 0 Å². The van der Waals surface area contributed by atoms with Crippen molar-refractivity contribution >= 4 is 11.3 Å². The Morgan fingerprint density at radius 3 is 2.04 bits per heavy atom. The molecule has 2 nitrogen and oxygen atoms in total. The Kier molecular flexibility index (Phi) is 5.07. The topological polar surface area (TPSA) is 38.4 Å². The normalized spacial score (nSPS) is 17.3. The van der Waals surface area contributed by atoms with Crippen molar-refractivity contribution in [1.29, 1.82) is 0 Å². The Balaban J connectivity index is 2.05. The standard InChI is InChI=1S/C22H22N2/c1-17-12-14-20(15-13-17)22(24-23)16-21(18-8-4-2-5-9-18)19-10-6-3-7-11-19/h2-12,14-17H,13,23H2,1H3/b24-22+. The second-order valence-electron chi connectivity index (χ2n) is 6.04. The third kappa shape index (κ3) is 3.72. The minimum absolute atomic E-state index is 0.569. The van der Waals surface area contributed by atoms with Crippen LogP contribution in [0, 0.1) is 5.92 Å². The molecule has 0 aliphatic heterocycles.